The summed E-state index contributed by atoms with van der Waals surface area (Å²) in [6.07, 6.45) is 0. The van der Waals surface area contributed by atoms with Crippen LogP contribution in [0.3, 0.4) is 0 Å². The Morgan fingerprint density at radius 3 is 1.50 bits per heavy atom. The Labute approximate surface area is 58.1 Å². The van der Waals surface area contributed by atoms with Gasteiger partial charge in [0.15, 0.2) is 0 Å². The van der Waals surface area contributed by atoms with Gasteiger partial charge in [0, 0.05) is 21.9 Å². The SMILES string of the molecule is CC(N=[N+]=[N-])[C@H](C)N=[N+]=[N-]. The van der Waals surface area contributed by atoms with E-state index in [0.29, 0.717) is 0 Å². The van der Waals surface area contributed by atoms with Gasteiger partial charge < -0.3 is 0 Å². The largest absolute Gasteiger partial charge is 0.0905 e. The Morgan fingerprint density at radius 2 is 1.30 bits per heavy atom. The lowest BCUT2D eigenvalue weighted by Gasteiger charge is -2.05. The van der Waals surface area contributed by atoms with Gasteiger partial charge in [0.1, 0.15) is 0 Å². The van der Waals surface area contributed by atoms with Crippen molar-refractivity contribution >= 4 is 0 Å². The number of azide groups is 2. The molecule has 0 aromatic heterocycles. The van der Waals surface area contributed by atoms with Crippen LogP contribution in [-0.4, -0.2) is 12.1 Å². The molecular weight excluding hydrogens is 132 g/mol. The molecule has 0 aliphatic rings. The minimum atomic E-state index is -0.277. The summed E-state index contributed by atoms with van der Waals surface area (Å²) < 4.78 is 0. The maximum Gasteiger partial charge on any atom is 0.0427 e. The van der Waals surface area contributed by atoms with E-state index in [-0.39, 0.29) is 12.1 Å². The van der Waals surface area contributed by atoms with Crippen molar-refractivity contribution in [2.24, 2.45) is 10.2 Å². The molecule has 0 spiro atoms. The highest BCUT2D eigenvalue weighted by atomic mass is 15.2. The van der Waals surface area contributed by atoms with Crippen molar-refractivity contribution in [3.05, 3.63) is 20.9 Å². The van der Waals surface area contributed by atoms with Gasteiger partial charge in [0.05, 0.1) is 0 Å². The molecule has 0 N–H and O–H groups in total. The molecule has 6 nitrogen and oxygen atoms in total. The lowest BCUT2D eigenvalue weighted by Crippen LogP contribution is -2.12. The number of rotatable bonds is 3. The Morgan fingerprint density at radius 1 is 1.00 bits per heavy atom. The van der Waals surface area contributed by atoms with E-state index in [1.54, 1.807) is 13.8 Å². The molecule has 54 valence electrons. The predicted octanol–water partition coefficient (Wildman–Crippen LogP) is 2.38. The summed E-state index contributed by atoms with van der Waals surface area (Å²) in [6.45, 7) is 3.39. The van der Waals surface area contributed by atoms with Gasteiger partial charge in [-0.25, -0.2) is 0 Å². The van der Waals surface area contributed by atoms with E-state index >= 15 is 0 Å². The summed E-state index contributed by atoms with van der Waals surface area (Å²) >= 11 is 0. The second-order valence-corrected chi connectivity index (χ2v) is 1.89. The molecule has 0 aliphatic carbocycles. The van der Waals surface area contributed by atoms with E-state index in [1.807, 2.05) is 0 Å². The maximum absolute atomic E-state index is 7.98. The van der Waals surface area contributed by atoms with Crippen LogP contribution in [-0.2, 0) is 0 Å². The minimum absolute atomic E-state index is 0.277. The van der Waals surface area contributed by atoms with Gasteiger partial charge in [-0.1, -0.05) is 24.1 Å². The van der Waals surface area contributed by atoms with Gasteiger partial charge in [-0.2, -0.15) is 0 Å². The van der Waals surface area contributed by atoms with Gasteiger partial charge in [0.25, 0.3) is 0 Å². The number of hydrogen-bond acceptors (Lipinski definition) is 2. The average Bonchev–Trinajstić information content (AvgIpc) is 1.89. The molecule has 2 atom stereocenters. The molecule has 0 aromatic carbocycles. The third kappa shape index (κ3) is 2.81. The molecule has 6 heteroatoms. The van der Waals surface area contributed by atoms with Crippen LogP contribution in [0, 0.1) is 0 Å². The zero-order valence-corrected chi connectivity index (χ0v) is 5.84. The summed E-state index contributed by atoms with van der Waals surface area (Å²) in [4.78, 5) is 5.16. The molecule has 0 radical (unpaired) electrons. The second kappa shape index (κ2) is 4.49. The molecule has 0 saturated carbocycles. The zero-order chi connectivity index (χ0) is 7.98. The van der Waals surface area contributed by atoms with Crippen LogP contribution >= 0.6 is 0 Å². The first-order chi connectivity index (χ1) is 4.72. The third-order valence-electron chi connectivity index (χ3n) is 1.17. The van der Waals surface area contributed by atoms with Crippen molar-refractivity contribution < 1.29 is 0 Å². The summed E-state index contributed by atoms with van der Waals surface area (Å²) in [6, 6.07) is -0.554. The molecule has 0 bridgehead atoms. The molecule has 1 unspecified atom stereocenters. The summed E-state index contributed by atoms with van der Waals surface area (Å²) in [5.74, 6) is 0. The normalized spacial score (nSPS) is 14.2. The van der Waals surface area contributed by atoms with Crippen molar-refractivity contribution in [2.45, 2.75) is 25.9 Å². The first-order valence-corrected chi connectivity index (χ1v) is 2.80. The van der Waals surface area contributed by atoms with Crippen molar-refractivity contribution in [3.63, 3.8) is 0 Å². The van der Waals surface area contributed by atoms with Gasteiger partial charge in [0.2, 0.25) is 0 Å². The van der Waals surface area contributed by atoms with Crippen LogP contribution in [0.4, 0.5) is 0 Å². The summed E-state index contributed by atoms with van der Waals surface area (Å²) in [5, 5.41) is 6.72. The predicted molar refractivity (Wildman–Crippen MR) is 37.2 cm³/mol. The van der Waals surface area contributed by atoms with Crippen molar-refractivity contribution in [3.8, 4) is 0 Å². The molecule has 0 saturated heterocycles. The maximum atomic E-state index is 7.98. The lowest BCUT2D eigenvalue weighted by molar-refractivity contribution is 0.597. The highest BCUT2D eigenvalue weighted by Gasteiger charge is 2.06. The number of hydrogen-bond donors (Lipinski definition) is 0. The molecule has 0 aliphatic heterocycles. The first kappa shape index (κ1) is 8.62. The molecule has 0 rings (SSSR count). The van der Waals surface area contributed by atoms with E-state index in [0.717, 1.165) is 0 Å². The highest BCUT2D eigenvalue weighted by Crippen LogP contribution is 2.01. The standard InChI is InChI=1S/C4H8N6/c1-3(7-9-5)4(2)8-10-6/h3-4H,1-2H3/t3-,4?/m0/s1. The fraction of sp³-hybridized carbons (Fsp3) is 1.00. The minimum Gasteiger partial charge on any atom is -0.0905 e. The van der Waals surface area contributed by atoms with Gasteiger partial charge >= 0.3 is 0 Å². The van der Waals surface area contributed by atoms with Crippen LogP contribution in [0.25, 0.3) is 20.9 Å². The molecule has 0 fully saturated rings. The van der Waals surface area contributed by atoms with Gasteiger partial charge in [-0.05, 0) is 11.1 Å². The smallest absolute Gasteiger partial charge is 0.0427 e. The van der Waals surface area contributed by atoms with Crippen LogP contribution in [0.1, 0.15) is 13.8 Å². The monoisotopic (exact) mass is 140 g/mol. The quantitative estimate of drug-likeness (QED) is 0.326. The molecule has 0 aromatic rings. The van der Waals surface area contributed by atoms with Gasteiger partial charge in [-0.15, -0.1) is 0 Å². The van der Waals surface area contributed by atoms with E-state index in [1.165, 1.54) is 0 Å². The average molecular weight is 140 g/mol. The lowest BCUT2D eigenvalue weighted by atomic mass is 10.2. The van der Waals surface area contributed by atoms with Crippen LogP contribution in [0.2, 0.25) is 0 Å². The Kier molecular flexibility index (Phi) is 3.87. The molecule has 0 heterocycles. The Hall–Kier alpha value is -1.38. The van der Waals surface area contributed by atoms with E-state index in [4.69, 9.17) is 11.1 Å². The zero-order valence-electron chi connectivity index (χ0n) is 5.84. The Balaban J connectivity index is 4.05. The van der Waals surface area contributed by atoms with Crippen LogP contribution < -0.4 is 0 Å². The molecular formula is C4H8N6. The summed E-state index contributed by atoms with van der Waals surface area (Å²) in [7, 11) is 0. The number of nitrogens with zero attached hydrogens (tertiary/aromatic N) is 6. The fourth-order valence-corrected chi connectivity index (χ4v) is 0.356. The van der Waals surface area contributed by atoms with E-state index in [9.17, 15) is 0 Å². The van der Waals surface area contributed by atoms with E-state index in [2.05, 4.69) is 20.1 Å². The van der Waals surface area contributed by atoms with Crippen LogP contribution in [0.15, 0.2) is 10.2 Å². The Bertz CT molecular complexity index is 164. The van der Waals surface area contributed by atoms with Crippen molar-refractivity contribution in [1.82, 2.24) is 0 Å². The fourth-order valence-electron chi connectivity index (χ4n) is 0.356. The summed E-state index contributed by atoms with van der Waals surface area (Å²) in [5.41, 5.74) is 16.0. The topological polar surface area (TPSA) is 97.5 Å². The van der Waals surface area contributed by atoms with Gasteiger partial charge in [-0.3, -0.25) is 0 Å². The second-order valence-electron chi connectivity index (χ2n) is 1.89. The molecule has 10 heavy (non-hydrogen) atoms. The van der Waals surface area contributed by atoms with Crippen molar-refractivity contribution in [1.29, 1.82) is 0 Å². The first-order valence-electron chi connectivity index (χ1n) is 2.80. The van der Waals surface area contributed by atoms with Crippen LogP contribution in [0.5, 0.6) is 0 Å². The van der Waals surface area contributed by atoms with Crippen molar-refractivity contribution in [2.75, 3.05) is 0 Å². The molecule has 0 amide bonds. The third-order valence-corrected chi connectivity index (χ3v) is 1.17. The highest BCUT2D eigenvalue weighted by molar-refractivity contribution is 4.74. The van der Waals surface area contributed by atoms with E-state index < -0.39 is 0 Å².